The van der Waals surface area contributed by atoms with Crippen molar-refractivity contribution < 1.29 is 13.6 Å². The van der Waals surface area contributed by atoms with Crippen LogP contribution in [0.25, 0.3) is 11.0 Å². The van der Waals surface area contributed by atoms with Crippen LogP contribution in [0.5, 0.6) is 0 Å². The first kappa shape index (κ1) is 18.6. The number of piperazine rings is 1. The molecule has 0 unspecified atom stereocenters. The predicted octanol–water partition coefficient (Wildman–Crippen LogP) is 4.27. The maximum atomic E-state index is 13.9. The zero-order valence-electron chi connectivity index (χ0n) is 16.2. The van der Waals surface area contributed by atoms with Gasteiger partial charge in [-0.1, -0.05) is 6.07 Å². The summed E-state index contributed by atoms with van der Waals surface area (Å²) in [4.78, 5) is 19.2. The first-order valence-electron chi connectivity index (χ1n) is 10.2. The lowest BCUT2D eigenvalue weighted by Crippen LogP contribution is -2.46. The average Bonchev–Trinajstić information content (AvgIpc) is 3.28. The number of benzene rings is 1. The molecule has 2 aliphatic heterocycles. The number of nitrogens with one attached hydrogen (secondary N) is 1. The van der Waals surface area contributed by atoms with E-state index in [4.69, 9.17) is 4.42 Å². The smallest absolute Gasteiger partial charge is 0.224 e. The van der Waals surface area contributed by atoms with Crippen LogP contribution in [0.4, 0.5) is 15.8 Å². The Kier molecular flexibility index (Phi) is 5.01. The van der Waals surface area contributed by atoms with E-state index in [0.717, 1.165) is 68.7 Å². The Bertz CT molecular complexity index is 1040. The topological polar surface area (TPSA) is 48.7 Å². The predicted molar refractivity (Wildman–Crippen MR) is 114 cm³/mol. The van der Waals surface area contributed by atoms with Gasteiger partial charge < -0.3 is 14.6 Å². The molecule has 5 rings (SSSR count). The van der Waals surface area contributed by atoms with Crippen molar-refractivity contribution in [1.29, 1.82) is 0 Å². The van der Waals surface area contributed by atoms with Crippen molar-refractivity contribution in [1.82, 2.24) is 4.90 Å². The molecule has 3 aromatic rings. The van der Waals surface area contributed by atoms with Crippen molar-refractivity contribution >= 4 is 39.6 Å². The maximum absolute atomic E-state index is 13.9. The first-order valence-corrected chi connectivity index (χ1v) is 11.0. The van der Waals surface area contributed by atoms with Crippen LogP contribution in [0.15, 0.2) is 34.9 Å². The van der Waals surface area contributed by atoms with E-state index < -0.39 is 0 Å². The Labute approximate surface area is 173 Å². The molecule has 0 bridgehead atoms. The molecule has 29 heavy (non-hydrogen) atoms. The molecule has 2 aromatic heterocycles. The number of hydrogen-bond acceptors (Lipinski definition) is 5. The molecule has 0 saturated carbocycles. The number of carbonyl (C=O) groups excluding carboxylic acids is 1. The molecule has 1 amide bonds. The number of hydrogen-bond donors (Lipinski definition) is 1. The molecule has 2 aliphatic rings. The third kappa shape index (κ3) is 3.76. The molecule has 0 spiro atoms. The van der Waals surface area contributed by atoms with E-state index in [1.54, 1.807) is 12.3 Å². The summed E-state index contributed by atoms with van der Waals surface area (Å²) in [5.74, 6) is -0.172. The Morgan fingerprint density at radius 3 is 2.90 bits per heavy atom. The van der Waals surface area contributed by atoms with E-state index >= 15 is 0 Å². The summed E-state index contributed by atoms with van der Waals surface area (Å²) in [6, 6.07) is 7.25. The highest BCUT2D eigenvalue weighted by Gasteiger charge is 2.22. The lowest BCUT2D eigenvalue weighted by molar-refractivity contribution is -0.116. The second kappa shape index (κ2) is 7.80. The molecular formula is C22H24FN3O2S. The monoisotopic (exact) mass is 413 g/mol. The molecule has 0 atom stereocenters. The molecule has 0 radical (unpaired) electrons. The average molecular weight is 414 g/mol. The fourth-order valence-corrected chi connectivity index (χ4v) is 5.41. The first-order chi connectivity index (χ1) is 14.2. The number of fused-ring (bicyclic) bond motifs is 2. The lowest BCUT2D eigenvalue weighted by atomic mass is 10.2. The molecule has 5 nitrogen and oxygen atoms in total. The lowest BCUT2D eigenvalue weighted by Gasteiger charge is -2.35. The third-order valence-corrected chi connectivity index (χ3v) is 7.12. The van der Waals surface area contributed by atoms with Crippen molar-refractivity contribution in [3.8, 4) is 0 Å². The molecule has 1 N–H and O–H groups in total. The Morgan fingerprint density at radius 1 is 1.17 bits per heavy atom. The third-order valence-electron chi connectivity index (χ3n) is 5.86. The summed E-state index contributed by atoms with van der Waals surface area (Å²) in [5.41, 5.74) is 2.35. The van der Waals surface area contributed by atoms with Crippen molar-refractivity contribution in [3.63, 3.8) is 0 Å². The van der Waals surface area contributed by atoms with Gasteiger partial charge in [-0.05, 0) is 37.5 Å². The number of amides is 1. The standard InChI is InChI=1S/C22H24FN3O2S/c23-17-4-1-3-16-19(14-28-22(16)17)26-11-9-25(10-12-26)8-7-15-13-18-20(29-15)5-2-6-21(27)24-18/h1,3-4,13-14H,2,5-12H2,(H,24,27). The highest BCUT2D eigenvalue weighted by Crippen LogP contribution is 2.33. The number of carbonyl (C=O) groups is 1. The van der Waals surface area contributed by atoms with Gasteiger partial charge in [0.25, 0.3) is 0 Å². The van der Waals surface area contributed by atoms with Crippen molar-refractivity contribution in [2.75, 3.05) is 42.9 Å². The molecule has 152 valence electrons. The van der Waals surface area contributed by atoms with Crippen molar-refractivity contribution in [2.24, 2.45) is 0 Å². The minimum absolute atomic E-state index is 0.135. The summed E-state index contributed by atoms with van der Waals surface area (Å²) in [6.07, 6.45) is 5.24. The fourth-order valence-electron chi connectivity index (χ4n) is 4.26. The molecule has 0 aliphatic carbocycles. The highest BCUT2D eigenvalue weighted by molar-refractivity contribution is 7.12. The SMILES string of the molecule is O=C1CCCc2sc(CCN3CCN(c4coc5c(F)cccc45)CC3)cc2N1. The van der Waals surface area contributed by atoms with Gasteiger partial charge in [-0.3, -0.25) is 9.69 Å². The van der Waals surface area contributed by atoms with Gasteiger partial charge in [0.2, 0.25) is 5.91 Å². The maximum Gasteiger partial charge on any atom is 0.224 e. The summed E-state index contributed by atoms with van der Waals surface area (Å²) in [5, 5.41) is 3.88. The Morgan fingerprint density at radius 2 is 2.03 bits per heavy atom. The number of thiophene rings is 1. The zero-order valence-corrected chi connectivity index (χ0v) is 17.1. The quantitative estimate of drug-likeness (QED) is 0.694. The number of furan rings is 1. The second-order valence-electron chi connectivity index (χ2n) is 7.77. The number of anilines is 2. The van der Waals surface area contributed by atoms with Crippen LogP contribution < -0.4 is 10.2 Å². The van der Waals surface area contributed by atoms with Crippen molar-refractivity contribution in [2.45, 2.75) is 25.7 Å². The van der Waals surface area contributed by atoms with E-state index in [0.29, 0.717) is 12.0 Å². The summed E-state index contributed by atoms with van der Waals surface area (Å²) in [6.45, 7) is 4.78. The number of halogens is 1. The van der Waals surface area contributed by atoms with E-state index in [1.165, 1.54) is 15.8 Å². The van der Waals surface area contributed by atoms with Crippen LogP contribution in [0.3, 0.4) is 0 Å². The molecule has 4 heterocycles. The van der Waals surface area contributed by atoms with E-state index in [2.05, 4.69) is 21.2 Å². The van der Waals surface area contributed by atoms with E-state index in [9.17, 15) is 9.18 Å². The highest BCUT2D eigenvalue weighted by atomic mass is 32.1. The van der Waals surface area contributed by atoms with Gasteiger partial charge in [0.15, 0.2) is 11.4 Å². The van der Waals surface area contributed by atoms with Crippen LogP contribution in [0.1, 0.15) is 22.6 Å². The molecule has 1 saturated heterocycles. The fraction of sp³-hybridized carbons (Fsp3) is 0.409. The molecular weight excluding hydrogens is 389 g/mol. The van der Waals surface area contributed by atoms with Gasteiger partial charge in [0, 0.05) is 54.3 Å². The molecule has 1 fully saturated rings. The number of para-hydroxylation sites is 1. The Hall–Kier alpha value is -2.38. The van der Waals surface area contributed by atoms with Crippen LogP contribution in [0.2, 0.25) is 0 Å². The van der Waals surface area contributed by atoms with Gasteiger partial charge >= 0.3 is 0 Å². The minimum atomic E-state index is -0.307. The molecule has 1 aromatic carbocycles. The van der Waals surface area contributed by atoms with Crippen LogP contribution in [-0.2, 0) is 17.6 Å². The molecule has 7 heteroatoms. The minimum Gasteiger partial charge on any atom is -0.459 e. The van der Waals surface area contributed by atoms with Crippen LogP contribution in [-0.4, -0.2) is 43.5 Å². The van der Waals surface area contributed by atoms with Gasteiger partial charge in [-0.25, -0.2) is 4.39 Å². The zero-order chi connectivity index (χ0) is 19.8. The van der Waals surface area contributed by atoms with E-state index in [1.807, 2.05) is 17.4 Å². The van der Waals surface area contributed by atoms with Gasteiger partial charge in [-0.2, -0.15) is 0 Å². The normalized spacial score (nSPS) is 18.0. The summed E-state index contributed by atoms with van der Waals surface area (Å²) in [7, 11) is 0. The van der Waals surface area contributed by atoms with Gasteiger partial charge in [-0.15, -0.1) is 11.3 Å². The summed E-state index contributed by atoms with van der Waals surface area (Å²) >= 11 is 1.84. The van der Waals surface area contributed by atoms with Crippen LogP contribution in [0, 0.1) is 5.82 Å². The van der Waals surface area contributed by atoms with Gasteiger partial charge in [0.1, 0.15) is 6.26 Å². The number of aryl methyl sites for hydroxylation is 1. The summed E-state index contributed by atoms with van der Waals surface area (Å²) < 4.78 is 19.3. The van der Waals surface area contributed by atoms with Crippen molar-refractivity contribution in [3.05, 3.63) is 46.1 Å². The second-order valence-corrected chi connectivity index (χ2v) is 8.99. The van der Waals surface area contributed by atoms with E-state index in [-0.39, 0.29) is 11.7 Å². The Balaban J connectivity index is 1.18. The number of nitrogens with zero attached hydrogens (tertiary/aromatic N) is 2. The largest absolute Gasteiger partial charge is 0.459 e. The van der Waals surface area contributed by atoms with Crippen LogP contribution >= 0.6 is 11.3 Å². The number of rotatable bonds is 4. The van der Waals surface area contributed by atoms with Gasteiger partial charge in [0.05, 0.1) is 11.4 Å².